The SMILES string of the molecule is CC1CN(C)CCN1C(=O)C1Cc2nc[nH]c2CN1. The first-order valence-corrected chi connectivity index (χ1v) is 6.88. The van der Waals surface area contributed by atoms with Crippen molar-refractivity contribution in [2.24, 2.45) is 0 Å². The third-order valence-electron chi connectivity index (χ3n) is 4.14. The van der Waals surface area contributed by atoms with Crippen LogP contribution in [0, 0.1) is 0 Å². The maximum atomic E-state index is 12.6. The van der Waals surface area contributed by atoms with E-state index in [1.165, 1.54) is 0 Å². The molecule has 104 valence electrons. The molecule has 2 unspecified atom stereocenters. The zero-order valence-electron chi connectivity index (χ0n) is 11.5. The number of amides is 1. The largest absolute Gasteiger partial charge is 0.347 e. The summed E-state index contributed by atoms with van der Waals surface area (Å²) < 4.78 is 0. The molecule has 0 bridgehead atoms. The summed E-state index contributed by atoms with van der Waals surface area (Å²) in [5.74, 6) is 0.217. The van der Waals surface area contributed by atoms with Gasteiger partial charge in [-0.15, -0.1) is 0 Å². The average molecular weight is 263 g/mol. The highest BCUT2D eigenvalue weighted by atomic mass is 16.2. The van der Waals surface area contributed by atoms with Crippen LogP contribution in [0.3, 0.4) is 0 Å². The van der Waals surface area contributed by atoms with Gasteiger partial charge in [-0.2, -0.15) is 0 Å². The van der Waals surface area contributed by atoms with Gasteiger partial charge in [0.1, 0.15) is 0 Å². The lowest BCUT2D eigenvalue weighted by Crippen LogP contribution is -2.58. The number of nitrogens with one attached hydrogen (secondary N) is 2. The minimum absolute atomic E-state index is 0.123. The van der Waals surface area contributed by atoms with Crippen molar-refractivity contribution in [3.63, 3.8) is 0 Å². The molecule has 19 heavy (non-hydrogen) atoms. The number of imidazole rings is 1. The second kappa shape index (κ2) is 4.94. The molecule has 3 rings (SSSR count). The number of aromatic nitrogens is 2. The molecule has 0 aromatic carbocycles. The lowest BCUT2D eigenvalue weighted by Gasteiger charge is -2.40. The van der Waals surface area contributed by atoms with Gasteiger partial charge in [0.05, 0.1) is 23.8 Å². The Morgan fingerprint density at radius 1 is 1.47 bits per heavy atom. The predicted octanol–water partition coefficient (Wildman–Crippen LogP) is -0.413. The Hall–Kier alpha value is -1.40. The van der Waals surface area contributed by atoms with Crippen molar-refractivity contribution in [1.29, 1.82) is 0 Å². The maximum absolute atomic E-state index is 12.6. The van der Waals surface area contributed by atoms with Crippen LogP contribution >= 0.6 is 0 Å². The fourth-order valence-electron chi connectivity index (χ4n) is 3.01. The molecule has 1 aromatic heterocycles. The summed E-state index contributed by atoms with van der Waals surface area (Å²) >= 11 is 0. The lowest BCUT2D eigenvalue weighted by atomic mass is 10.0. The number of H-pyrrole nitrogens is 1. The maximum Gasteiger partial charge on any atom is 0.240 e. The van der Waals surface area contributed by atoms with Crippen molar-refractivity contribution in [3.8, 4) is 0 Å². The number of carbonyl (C=O) groups is 1. The fourth-order valence-corrected chi connectivity index (χ4v) is 3.01. The summed E-state index contributed by atoms with van der Waals surface area (Å²) in [6.45, 7) is 5.55. The first kappa shape index (κ1) is 12.6. The summed E-state index contributed by atoms with van der Waals surface area (Å²) in [6, 6.07) is 0.162. The fraction of sp³-hybridized carbons (Fsp3) is 0.692. The van der Waals surface area contributed by atoms with Crippen molar-refractivity contribution in [2.75, 3.05) is 26.7 Å². The molecule has 6 nitrogen and oxygen atoms in total. The first-order valence-electron chi connectivity index (χ1n) is 6.88. The number of hydrogen-bond donors (Lipinski definition) is 2. The first-order chi connectivity index (χ1) is 9.15. The van der Waals surface area contributed by atoms with Crippen LogP contribution in [0.4, 0.5) is 0 Å². The van der Waals surface area contributed by atoms with Crippen LogP contribution in [0.25, 0.3) is 0 Å². The minimum atomic E-state index is -0.123. The molecule has 3 heterocycles. The smallest absolute Gasteiger partial charge is 0.240 e. The number of fused-ring (bicyclic) bond motifs is 1. The Balaban J connectivity index is 1.68. The Morgan fingerprint density at radius 3 is 3.11 bits per heavy atom. The van der Waals surface area contributed by atoms with E-state index in [1.54, 1.807) is 6.33 Å². The highest BCUT2D eigenvalue weighted by Crippen LogP contribution is 2.16. The van der Waals surface area contributed by atoms with E-state index in [2.05, 4.69) is 34.2 Å². The van der Waals surface area contributed by atoms with Crippen LogP contribution in [-0.4, -0.2) is 64.4 Å². The van der Waals surface area contributed by atoms with E-state index in [-0.39, 0.29) is 18.0 Å². The third-order valence-corrected chi connectivity index (χ3v) is 4.14. The van der Waals surface area contributed by atoms with Crippen molar-refractivity contribution < 1.29 is 4.79 Å². The number of piperazine rings is 1. The van der Waals surface area contributed by atoms with Gasteiger partial charge in [0.25, 0.3) is 0 Å². The van der Waals surface area contributed by atoms with Crippen LogP contribution in [0.1, 0.15) is 18.3 Å². The van der Waals surface area contributed by atoms with Crippen molar-refractivity contribution in [3.05, 3.63) is 17.7 Å². The van der Waals surface area contributed by atoms with Gasteiger partial charge in [-0.3, -0.25) is 10.1 Å². The topological polar surface area (TPSA) is 64.3 Å². The molecule has 2 aliphatic heterocycles. The molecule has 2 aliphatic rings. The van der Waals surface area contributed by atoms with Gasteiger partial charge in [0.2, 0.25) is 5.91 Å². The van der Waals surface area contributed by atoms with Crippen LogP contribution in [0.2, 0.25) is 0 Å². The monoisotopic (exact) mass is 263 g/mol. The van der Waals surface area contributed by atoms with Crippen molar-refractivity contribution in [2.45, 2.75) is 32.0 Å². The Bertz CT molecular complexity index is 471. The molecule has 0 saturated carbocycles. The quantitative estimate of drug-likeness (QED) is 0.723. The molecular formula is C13H21N5O. The number of hydrogen-bond acceptors (Lipinski definition) is 4. The number of rotatable bonds is 1. The summed E-state index contributed by atoms with van der Waals surface area (Å²) in [7, 11) is 2.10. The number of likely N-dealkylation sites (N-methyl/N-ethyl adjacent to an activating group) is 1. The Labute approximate surface area is 113 Å². The van der Waals surface area contributed by atoms with E-state index in [0.29, 0.717) is 13.0 Å². The molecule has 1 saturated heterocycles. The zero-order valence-corrected chi connectivity index (χ0v) is 11.5. The van der Waals surface area contributed by atoms with Gasteiger partial charge in [-0.25, -0.2) is 4.98 Å². The molecule has 6 heteroatoms. The summed E-state index contributed by atoms with van der Waals surface area (Å²) in [5.41, 5.74) is 2.13. The van der Waals surface area contributed by atoms with E-state index >= 15 is 0 Å². The third kappa shape index (κ3) is 2.37. The second-order valence-electron chi connectivity index (χ2n) is 5.61. The summed E-state index contributed by atoms with van der Waals surface area (Å²) in [4.78, 5) is 24.3. The highest BCUT2D eigenvalue weighted by Gasteiger charge is 2.33. The standard InChI is InChI=1S/C13H21N5O/c1-9-7-17(2)3-4-18(9)13(19)11-5-10-12(6-14-11)16-8-15-10/h8-9,11,14H,3-7H2,1-2H3,(H,15,16). The summed E-state index contributed by atoms with van der Waals surface area (Å²) in [6.07, 6.45) is 2.40. The van der Waals surface area contributed by atoms with E-state index in [1.807, 2.05) is 4.90 Å². The van der Waals surface area contributed by atoms with E-state index < -0.39 is 0 Å². The molecule has 0 spiro atoms. The summed E-state index contributed by atoms with van der Waals surface area (Å²) in [5, 5.41) is 3.31. The number of nitrogens with zero attached hydrogens (tertiary/aromatic N) is 3. The molecular weight excluding hydrogens is 242 g/mol. The number of carbonyl (C=O) groups excluding carboxylic acids is 1. The molecule has 2 N–H and O–H groups in total. The van der Waals surface area contributed by atoms with Gasteiger partial charge < -0.3 is 14.8 Å². The van der Waals surface area contributed by atoms with Gasteiger partial charge in [0, 0.05) is 38.6 Å². The Kier molecular flexibility index (Phi) is 3.28. The molecule has 0 radical (unpaired) electrons. The molecule has 1 fully saturated rings. The van der Waals surface area contributed by atoms with Gasteiger partial charge in [-0.05, 0) is 14.0 Å². The lowest BCUT2D eigenvalue weighted by molar-refractivity contribution is -0.137. The van der Waals surface area contributed by atoms with E-state index in [0.717, 1.165) is 31.0 Å². The van der Waals surface area contributed by atoms with Crippen LogP contribution < -0.4 is 5.32 Å². The second-order valence-corrected chi connectivity index (χ2v) is 5.61. The molecule has 2 atom stereocenters. The van der Waals surface area contributed by atoms with Crippen molar-refractivity contribution in [1.82, 2.24) is 25.1 Å². The highest BCUT2D eigenvalue weighted by molar-refractivity contribution is 5.83. The normalized spacial score (nSPS) is 28.2. The van der Waals surface area contributed by atoms with E-state index in [9.17, 15) is 4.79 Å². The van der Waals surface area contributed by atoms with Crippen LogP contribution in [0.5, 0.6) is 0 Å². The van der Waals surface area contributed by atoms with Gasteiger partial charge in [0.15, 0.2) is 0 Å². The molecule has 1 amide bonds. The van der Waals surface area contributed by atoms with Crippen LogP contribution in [0.15, 0.2) is 6.33 Å². The zero-order chi connectivity index (χ0) is 13.4. The molecule has 1 aromatic rings. The predicted molar refractivity (Wildman–Crippen MR) is 71.6 cm³/mol. The van der Waals surface area contributed by atoms with E-state index in [4.69, 9.17) is 0 Å². The van der Waals surface area contributed by atoms with Gasteiger partial charge in [-0.1, -0.05) is 0 Å². The molecule has 0 aliphatic carbocycles. The number of aromatic amines is 1. The van der Waals surface area contributed by atoms with Gasteiger partial charge >= 0.3 is 0 Å². The van der Waals surface area contributed by atoms with Crippen LogP contribution in [-0.2, 0) is 17.8 Å². The average Bonchev–Trinajstić information content (AvgIpc) is 2.85. The minimum Gasteiger partial charge on any atom is -0.347 e. The van der Waals surface area contributed by atoms with Crippen molar-refractivity contribution >= 4 is 5.91 Å². The Morgan fingerprint density at radius 2 is 2.32 bits per heavy atom.